The average molecular weight is 374 g/mol. The molecule has 0 aliphatic heterocycles. The summed E-state index contributed by atoms with van der Waals surface area (Å²) < 4.78 is 5.06. The van der Waals surface area contributed by atoms with Gasteiger partial charge >= 0.3 is 5.97 Å². The van der Waals surface area contributed by atoms with Crippen LogP contribution in [0.1, 0.15) is 38.8 Å². The average Bonchev–Trinajstić information content (AvgIpc) is 2.87. The normalized spacial score (nSPS) is 10.8. The van der Waals surface area contributed by atoms with Crippen molar-refractivity contribution in [1.29, 1.82) is 0 Å². The molecule has 0 saturated heterocycles. The summed E-state index contributed by atoms with van der Waals surface area (Å²) in [5.74, 6) is -0.832. The van der Waals surface area contributed by atoms with Gasteiger partial charge in [0.05, 0.1) is 18.4 Å². The van der Waals surface area contributed by atoms with Gasteiger partial charge in [0.1, 0.15) is 5.00 Å². The number of carbonyl (C=O) groups is 2. The van der Waals surface area contributed by atoms with Gasteiger partial charge in [-0.1, -0.05) is 29.4 Å². The number of hydrogen-bond donors (Lipinski definition) is 1. The second-order valence-corrected chi connectivity index (χ2v) is 6.85. The molecule has 1 aromatic carbocycles. The first kappa shape index (κ1) is 19.7. The minimum atomic E-state index is -0.442. The highest BCUT2D eigenvalue weighted by molar-refractivity contribution is 7.16. The van der Waals surface area contributed by atoms with Gasteiger partial charge in [0.15, 0.2) is 6.61 Å². The van der Waals surface area contributed by atoms with E-state index in [0.717, 1.165) is 21.6 Å². The van der Waals surface area contributed by atoms with Gasteiger partial charge in [-0.25, -0.2) is 4.79 Å². The summed E-state index contributed by atoms with van der Waals surface area (Å²) in [6.07, 6.45) is 1.56. The highest BCUT2D eigenvalue weighted by Gasteiger charge is 2.22. The number of anilines is 1. The number of benzene rings is 1. The van der Waals surface area contributed by atoms with Gasteiger partial charge in [-0.3, -0.25) is 4.79 Å². The fourth-order valence-corrected chi connectivity index (χ4v) is 3.31. The molecule has 0 spiro atoms. The van der Waals surface area contributed by atoms with Gasteiger partial charge in [0, 0.05) is 4.88 Å². The van der Waals surface area contributed by atoms with Crippen molar-refractivity contribution in [2.45, 2.75) is 27.7 Å². The summed E-state index contributed by atoms with van der Waals surface area (Å²) in [5, 5.41) is 6.99. The monoisotopic (exact) mass is 374 g/mol. The van der Waals surface area contributed by atoms with Crippen molar-refractivity contribution in [3.8, 4) is 0 Å². The fraction of sp³-hybridized carbons (Fsp3) is 0.316. The lowest BCUT2D eigenvalue weighted by atomic mass is 10.1. The molecule has 26 heavy (non-hydrogen) atoms. The predicted molar refractivity (Wildman–Crippen MR) is 103 cm³/mol. The SMILES string of the molecule is CCOC(=O)c1c(NC(=O)CO/N=C\c2ccccc2C)sc(C)c1C. The molecule has 0 fully saturated rings. The van der Waals surface area contributed by atoms with Crippen LogP contribution in [0.2, 0.25) is 0 Å². The van der Waals surface area contributed by atoms with E-state index in [1.54, 1.807) is 13.1 Å². The Balaban J connectivity index is 1.97. The van der Waals surface area contributed by atoms with Crippen LogP contribution < -0.4 is 5.32 Å². The quantitative estimate of drug-likeness (QED) is 0.454. The van der Waals surface area contributed by atoms with E-state index in [2.05, 4.69) is 10.5 Å². The van der Waals surface area contributed by atoms with Gasteiger partial charge in [-0.05, 0) is 44.4 Å². The van der Waals surface area contributed by atoms with E-state index >= 15 is 0 Å². The number of ether oxygens (including phenoxy) is 1. The molecular formula is C19H22N2O4S. The Labute approximate surface area is 156 Å². The van der Waals surface area contributed by atoms with Crippen molar-refractivity contribution >= 4 is 34.4 Å². The Kier molecular flexibility index (Phi) is 6.91. The lowest BCUT2D eigenvalue weighted by Gasteiger charge is -2.06. The molecule has 0 aliphatic rings. The maximum atomic E-state index is 12.1. The van der Waals surface area contributed by atoms with Crippen LogP contribution in [0.4, 0.5) is 5.00 Å². The Morgan fingerprint density at radius 3 is 2.65 bits per heavy atom. The van der Waals surface area contributed by atoms with Crippen molar-refractivity contribution in [2.24, 2.45) is 5.16 Å². The van der Waals surface area contributed by atoms with Gasteiger partial charge < -0.3 is 14.9 Å². The van der Waals surface area contributed by atoms with Crippen LogP contribution in [-0.2, 0) is 14.4 Å². The highest BCUT2D eigenvalue weighted by atomic mass is 32.1. The van der Waals surface area contributed by atoms with Gasteiger partial charge in [0.2, 0.25) is 0 Å². The number of hydrogen-bond acceptors (Lipinski definition) is 6. The molecule has 0 aliphatic carbocycles. The zero-order valence-corrected chi connectivity index (χ0v) is 16.1. The maximum Gasteiger partial charge on any atom is 0.341 e. The third-order valence-corrected chi connectivity index (χ3v) is 4.89. The Morgan fingerprint density at radius 1 is 1.23 bits per heavy atom. The minimum absolute atomic E-state index is 0.249. The van der Waals surface area contributed by atoms with E-state index in [-0.39, 0.29) is 13.2 Å². The molecule has 0 saturated carbocycles. The van der Waals surface area contributed by atoms with Crippen molar-refractivity contribution < 1.29 is 19.2 Å². The zero-order valence-electron chi connectivity index (χ0n) is 15.3. The number of thiophene rings is 1. The van der Waals surface area contributed by atoms with E-state index in [1.165, 1.54) is 11.3 Å². The maximum absolute atomic E-state index is 12.1. The van der Waals surface area contributed by atoms with Gasteiger partial charge in [-0.15, -0.1) is 11.3 Å². The number of aryl methyl sites for hydroxylation is 2. The Bertz CT molecular complexity index is 827. The van der Waals surface area contributed by atoms with Crippen LogP contribution in [0, 0.1) is 20.8 Å². The van der Waals surface area contributed by atoms with Crippen molar-refractivity contribution in [2.75, 3.05) is 18.5 Å². The van der Waals surface area contributed by atoms with Crippen molar-refractivity contribution in [3.63, 3.8) is 0 Å². The molecule has 1 heterocycles. The van der Waals surface area contributed by atoms with E-state index in [0.29, 0.717) is 10.6 Å². The zero-order chi connectivity index (χ0) is 19.1. The van der Waals surface area contributed by atoms with E-state index in [9.17, 15) is 9.59 Å². The third kappa shape index (κ3) is 4.92. The van der Waals surface area contributed by atoms with Crippen molar-refractivity contribution in [1.82, 2.24) is 0 Å². The predicted octanol–water partition coefficient (Wildman–Crippen LogP) is 3.84. The highest BCUT2D eigenvalue weighted by Crippen LogP contribution is 2.32. The molecule has 1 aromatic heterocycles. The number of esters is 1. The van der Waals surface area contributed by atoms with E-state index in [4.69, 9.17) is 9.57 Å². The van der Waals surface area contributed by atoms with Crippen LogP contribution in [0.5, 0.6) is 0 Å². The summed E-state index contributed by atoms with van der Waals surface area (Å²) in [4.78, 5) is 30.2. The molecule has 0 bridgehead atoms. The summed E-state index contributed by atoms with van der Waals surface area (Å²) in [6, 6.07) is 7.71. The number of amides is 1. The second kappa shape index (κ2) is 9.15. The first-order valence-corrected chi connectivity index (χ1v) is 9.03. The number of carbonyl (C=O) groups excluding carboxylic acids is 2. The standard InChI is InChI=1S/C19H22N2O4S/c1-5-24-19(23)17-13(3)14(4)26-18(17)21-16(22)11-25-20-10-15-9-7-6-8-12(15)2/h6-10H,5,11H2,1-4H3,(H,21,22)/b20-10-. The second-order valence-electron chi connectivity index (χ2n) is 5.62. The van der Waals surface area contributed by atoms with E-state index in [1.807, 2.05) is 45.0 Å². The largest absolute Gasteiger partial charge is 0.462 e. The summed E-state index contributed by atoms with van der Waals surface area (Å²) in [5.41, 5.74) is 3.18. The molecule has 2 rings (SSSR count). The van der Waals surface area contributed by atoms with Crippen LogP contribution in [-0.4, -0.2) is 31.3 Å². The summed E-state index contributed by atoms with van der Waals surface area (Å²) >= 11 is 1.33. The van der Waals surface area contributed by atoms with Crippen LogP contribution >= 0.6 is 11.3 Å². The molecule has 0 radical (unpaired) electrons. The number of rotatable bonds is 7. The molecule has 138 valence electrons. The lowest BCUT2D eigenvalue weighted by Crippen LogP contribution is -2.18. The summed E-state index contributed by atoms with van der Waals surface area (Å²) in [6.45, 7) is 7.45. The number of nitrogens with one attached hydrogen (secondary N) is 1. The fourth-order valence-electron chi connectivity index (χ4n) is 2.25. The first-order chi connectivity index (χ1) is 12.4. The topological polar surface area (TPSA) is 77.0 Å². The molecule has 7 heteroatoms. The van der Waals surface area contributed by atoms with E-state index < -0.39 is 11.9 Å². The van der Waals surface area contributed by atoms with Crippen LogP contribution in [0.15, 0.2) is 29.4 Å². The molecule has 0 unspecified atom stereocenters. The first-order valence-electron chi connectivity index (χ1n) is 8.22. The smallest absolute Gasteiger partial charge is 0.341 e. The van der Waals surface area contributed by atoms with Gasteiger partial charge in [0.25, 0.3) is 5.91 Å². The number of nitrogens with zero attached hydrogens (tertiary/aromatic N) is 1. The Hall–Kier alpha value is -2.67. The molecule has 2 aromatic rings. The summed E-state index contributed by atoms with van der Waals surface area (Å²) in [7, 11) is 0. The molecule has 0 atom stereocenters. The van der Waals surface area contributed by atoms with Crippen molar-refractivity contribution in [3.05, 3.63) is 51.4 Å². The molecular weight excluding hydrogens is 352 g/mol. The molecule has 1 amide bonds. The molecule has 1 N–H and O–H groups in total. The lowest BCUT2D eigenvalue weighted by molar-refractivity contribution is -0.120. The van der Waals surface area contributed by atoms with Gasteiger partial charge in [-0.2, -0.15) is 0 Å². The minimum Gasteiger partial charge on any atom is -0.462 e. The number of oxime groups is 1. The van der Waals surface area contributed by atoms with Crippen LogP contribution in [0.3, 0.4) is 0 Å². The third-order valence-electron chi connectivity index (χ3n) is 3.77. The molecule has 6 nitrogen and oxygen atoms in total. The van der Waals surface area contributed by atoms with Crippen LogP contribution in [0.25, 0.3) is 0 Å². The Morgan fingerprint density at radius 2 is 1.96 bits per heavy atom.